The molecule has 0 aromatic carbocycles. The van der Waals surface area contributed by atoms with Gasteiger partial charge >= 0.3 is 0 Å². The van der Waals surface area contributed by atoms with Crippen LogP contribution in [0.15, 0.2) is 36.5 Å². The summed E-state index contributed by atoms with van der Waals surface area (Å²) in [7, 11) is 0. The Hall–Kier alpha value is -2.76. The summed E-state index contributed by atoms with van der Waals surface area (Å²) in [6.45, 7) is 6.64. The number of fused-ring (bicyclic) bond motifs is 1. The van der Waals surface area contributed by atoms with Crippen LogP contribution >= 0.6 is 0 Å². The molecular formula is C17H19N5O. The van der Waals surface area contributed by atoms with Crippen molar-refractivity contribution in [2.75, 3.05) is 6.54 Å². The Morgan fingerprint density at radius 1 is 1.26 bits per heavy atom. The summed E-state index contributed by atoms with van der Waals surface area (Å²) in [6.07, 6.45) is 1.73. The van der Waals surface area contributed by atoms with Crippen molar-refractivity contribution >= 4 is 11.6 Å². The molecule has 1 N–H and O–H groups in total. The molecule has 3 aromatic heterocycles. The van der Waals surface area contributed by atoms with Crippen molar-refractivity contribution in [1.82, 2.24) is 24.9 Å². The Bertz CT molecular complexity index is 839. The van der Waals surface area contributed by atoms with Gasteiger partial charge in [0, 0.05) is 24.5 Å². The summed E-state index contributed by atoms with van der Waals surface area (Å²) in [5, 5.41) is 7.40. The average molecular weight is 309 g/mol. The van der Waals surface area contributed by atoms with Crippen LogP contribution in [0.1, 0.15) is 30.0 Å². The van der Waals surface area contributed by atoms with E-state index in [0.717, 1.165) is 17.1 Å². The van der Waals surface area contributed by atoms with Gasteiger partial charge in [-0.25, -0.2) is 9.50 Å². The van der Waals surface area contributed by atoms with Crippen molar-refractivity contribution in [3.8, 4) is 11.4 Å². The normalized spacial score (nSPS) is 11.1. The molecule has 118 valence electrons. The van der Waals surface area contributed by atoms with Crippen molar-refractivity contribution in [2.45, 2.75) is 20.8 Å². The highest BCUT2D eigenvalue weighted by Gasteiger charge is 2.13. The quantitative estimate of drug-likeness (QED) is 0.803. The van der Waals surface area contributed by atoms with E-state index in [1.807, 2.05) is 31.2 Å². The third-order valence-corrected chi connectivity index (χ3v) is 3.44. The summed E-state index contributed by atoms with van der Waals surface area (Å²) in [6, 6.07) is 9.26. The molecule has 3 rings (SSSR count). The Labute approximate surface area is 134 Å². The van der Waals surface area contributed by atoms with Crippen LogP contribution in [0.5, 0.6) is 0 Å². The summed E-state index contributed by atoms with van der Waals surface area (Å²) in [5.41, 5.74) is 3.42. The first-order valence-electron chi connectivity index (χ1n) is 7.61. The van der Waals surface area contributed by atoms with Gasteiger partial charge in [0.2, 0.25) is 0 Å². The number of pyridine rings is 1. The maximum absolute atomic E-state index is 12.2. The third-order valence-electron chi connectivity index (χ3n) is 3.44. The number of carbonyl (C=O) groups excluding carboxylic acids is 1. The minimum absolute atomic E-state index is 0.162. The van der Waals surface area contributed by atoms with Crippen molar-refractivity contribution in [2.24, 2.45) is 5.92 Å². The van der Waals surface area contributed by atoms with Gasteiger partial charge in [-0.15, -0.1) is 0 Å². The fourth-order valence-electron chi connectivity index (χ4n) is 2.27. The molecule has 23 heavy (non-hydrogen) atoms. The largest absolute Gasteiger partial charge is 0.350 e. The number of hydrogen-bond acceptors (Lipinski definition) is 4. The van der Waals surface area contributed by atoms with E-state index in [-0.39, 0.29) is 5.91 Å². The standard InChI is InChI=1S/C17H19N5O/c1-11(2)10-19-17(23)15-8-12(3)22-16(20-15)9-14(21-22)13-6-4-5-7-18-13/h4-9,11H,10H2,1-3H3,(H,19,23). The molecule has 0 bridgehead atoms. The Balaban J connectivity index is 1.97. The molecule has 0 unspecified atom stereocenters. The lowest BCUT2D eigenvalue weighted by atomic mass is 10.2. The Kier molecular flexibility index (Phi) is 4.06. The summed E-state index contributed by atoms with van der Waals surface area (Å²) >= 11 is 0. The highest BCUT2D eigenvalue weighted by atomic mass is 16.1. The van der Waals surface area contributed by atoms with E-state index in [1.54, 1.807) is 16.8 Å². The monoisotopic (exact) mass is 309 g/mol. The van der Waals surface area contributed by atoms with Gasteiger partial charge < -0.3 is 5.32 Å². The second-order valence-corrected chi connectivity index (χ2v) is 5.90. The minimum Gasteiger partial charge on any atom is -0.350 e. The lowest BCUT2D eigenvalue weighted by Crippen LogP contribution is -2.28. The van der Waals surface area contributed by atoms with E-state index in [0.29, 0.717) is 23.8 Å². The maximum Gasteiger partial charge on any atom is 0.270 e. The van der Waals surface area contributed by atoms with Crippen LogP contribution < -0.4 is 5.32 Å². The zero-order chi connectivity index (χ0) is 16.4. The number of rotatable bonds is 4. The second-order valence-electron chi connectivity index (χ2n) is 5.90. The number of aryl methyl sites for hydroxylation is 1. The Morgan fingerprint density at radius 3 is 2.78 bits per heavy atom. The van der Waals surface area contributed by atoms with Gasteiger partial charge in [0.05, 0.1) is 5.69 Å². The number of aromatic nitrogens is 4. The molecular weight excluding hydrogens is 290 g/mol. The molecule has 1 amide bonds. The topological polar surface area (TPSA) is 72.2 Å². The van der Waals surface area contributed by atoms with Gasteiger partial charge in [0.15, 0.2) is 5.65 Å². The zero-order valence-electron chi connectivity index (χ0n) is 13.4. The van der Waals surface area contributed by atoms with E-state index in [1.165, 1.54) is 0 Å². The number of nitrogens with zero attached hydrogens (tertiary/aromatic N) is 4. The van der Waals surface area contributed by atoms with Crippen LogP contribution in [-0.4, -0.2) is 32.0 Å². The molecule has 0 saturated heterocycles. The van der Waals surface area contributed by atoms with Gasteiger partial charge in [-0.05, 0) is 31.0 Å². The molecule has 0 spiro atoms. The third kappa shape index (κ3) is 3.21. The van der Waals surface area contributed by atoms with Crippen LogP contribution in [0.4, 0.5) is 0 Å². The van der Waals surface area contributed by atoms with Gasteiger partial charge in [0.1, 0.15) is 11.4 Å². The molecule has 0 radical (unpaired) electrons. The molecule has 0 atom stereocenters. The first-order chi connectivity index (χ1) is 11.0. The van der Waals surface area contributed by atoms with E-state index in [9.17, 15) is 4.79 Å². The highest BCUT2D eigenvalue weighted by Crippen LogP contribution is 2.17. The maximum atomic E-state index is 12.2. The molecule has 3 heterocycles. The fraction of sp³-hybridized carbons (Fsp3) is 0.294. The van der Waals surface area contributed by atoms with Crippen LogP contribution in [0.3, 0.4) is 0 Å². The van der Waals surface area contributed by atoms with Crippen LogP contribution in [0, 0.1) is 12.8 Å². The van der Waals surface area contributed by atoms with Crippen LogP contribution in [0.25, 0.3) is 17.0 Å². The van der Waals surface area contributed by atoms with Crippen molar-refractivity contribution in [3.05, 3.63) is 47.9 Å². The van der Waals surface area contributed by atoms with E-state index >= 15 is 0 Å². The number of carbonyl (C=O) groups is 1. The van der Waals surface area contributed by atoms with Crippen LogP contribution in [0.2, 0.25) is 0 Å². The molecule has 6 heteroatoms. The molecule has 3 aromatic rings. The molecule has 6 nitrogen and oxygen atoms in total. The minimum atomic E-state index is -0.162. The van der Waals surface area contributed by atoms with Crippen LogP contribution in [-0.2, 0) is 0 Å². The van der Waals surface area contributed by atoms with E-state index < -0.39 is 0 Å². The van der Waals surface area contributed by atoms with Gasteiger partial charge in [-0.2, -0.15) is 5.10 Å². The van der Waals surface area contributed by atoms with Crippen molar-refractivity contribution in [1.29, 1.82) is 0 Å². The summed E-state index contributed by atoms with van der Waals surface area (Å²) in [4.78, 5) is 20.9. The molecule has 0 fully saturated rings. The van der Waals surface area contributed by atoms with E-state index in [4.69, 9.17) is 0 Å². The SMILES string of the molecule is Cc1cc(C(=O)NCC(C)C)nc2cc(-c3ccccn3)nn12. The molecule has 0 aliphatic heterocycles. The smallest absolute Gasteiger partial charge is 0.270 e. The van der Waals surface area contributed by atoms with Gasteiger partial charge in [-0.3, -0.25) is 9.78 Å². The van der Waals surface area contributed by atoms with Crippen molar-refractivity contribution in [3.63, 3.8) is 0 Å². The number of hydrogen-bond donors (Lipinski definition) is 1. The average Bonchev–Trinajstić information content (AvgIpc) is 2.98. The Morgan fingerprint density at radius 2 is 2.09 bits per heavy atom. The molecule has 0 saturated carbocycles. The predicted octanol–water partition coefficient (Wildman–Crippen LogP) is 2.49. The second kappa shape index (κ2) is 6.16. The number of nitrogens with one attached hydrogen (secondary N) is 1. The van der Waals surface area contributed by atoms with Gasteiger partial charge in [0.25, 0.3) is 5.91 Å². The summed E-state index contributed by atoms with van der Waals surface area (Å²) in [5.74, 6) is 0.236. The first kappa shape index (κ1) is 15.1. The highest BCUT2D eigenvalue weighted by molar-refractivity contribution is 5.92. The lowest BCUT2D eigenvalue weighted by Gasteiger charge is -2.08. The van der Waals surface area contributed by atoms with E-state index in [2.05, 4.69) is 34.2 Å². The fourth-order valence-corrected chi connectivity index (χ4v) is 2.27. The lowest BCUT2D eigenvalue weighted by molar-refractivity contribution is 0.0944. The molecule has 0 aliphatic rings. The van der Waals surface area contributed by atoms with Crippen molar-refractivity contribution < 1.29 is 4.79 Å². The number of amides is 1. The summed E-state index contributed by atoms with van der Waals surface area (Å²) < 4.78 is 1.73. The first-order valence-corrected chi connectivity index (χ1v) is 7.61. The zero-order valence-corrected chi connectivity index (χ0v) is 13.4. The molecule has 0 aliphatic carbocycles. The van der Waals surface area contributed by atoms with Gasteiger partial charge in [-0.1, -0.05) is 19.9 Å². The predicted molar refractivity (Wildman–Crippen MR) is 88.1 cm³/mol.